The molecule has 26 heavy (non-hydrogen) atoms. The summed E-state index contributed by atoms with van der Waals surface area (Å²) in [6, 6.07) is 15.1. The minimum atomic E-state index is -3.71. The van der Waals surface area contributed by atoms with Crippen LogP contribution in [0.5, 0.6) is 5.75 Å². The zero-order valence-corrected chi connectivity index (χ0v) is 15.8. The molecule has 1 amide bonds. The summed E-state index contributed by atoms with van der Waals surface area (Å²) in [5, 5.41) is 2.72. The molecular formula is C19H24N2O4S. The van der Waals surface area contributed by atoms with Gasteiger partial charge < -0.3 is 10.1 Å². The Balaban J connectivity index is 2.08. The van der Waals surface area contributed by atoms with Gasteiger partial charge in [-0.15, -0.1) is 0 Å². The van der Waals surface area contributed by atoms with E-state index in [-0.39, 0.29) is 23.9 Å². The third kappa shape index (κ3) is 5.31. The van der Waals surface area contributed by atoms with Crippen molar-refractivity contribution in [2.75, 3.05) is 25.0 Å². The fraction of sp³-hybridized carbons (Fsp3) is 0.316. The van der Waals surface area contributed by atoms with Crippen molar-refractivity contribution >= 4 is 21.6 Å². The van der Waals surface area contributed by atoms with E-state index < -0.39 is 10.0 Å². The summed E-state index contributed by atoms with van der Waals surface area (Å²) < 4.78 is 32.1. The Labute approximate surface area is 154 Å². The average molecular weight is 376 g/mol. The maximum absolute atomic E-state index is 12.8. The van der Waals surface area contributed by atoms with Crippen LogP contribution in [-0.2, 0) is 14.8 Å². The van der Waals surface area contributed by atoms with Gasteiger partial charge in [-0.05, 0) is 49.7 Å². The molecule has 0 saturated heterocycles. The van der Waals surface area contributed by atoms with Crippen molar-refractivity contribution in [1.29, 1.82) is 0 Å². The number of carbonyl (C=O) groups is 1. The van der Waals surface area contributed by atoms with E-state index in [1.807, 2.05) is 13.8 Å². The van der Waals surface area contributed by atoms with E-state index in [4.69, 9.17) is 4.74 Å². The molecule has 0 aliphatic rings. The number of amides is 1. The Kier molecular flexibility index (Phi) is 7.17. The van der Waals surface area contributed by atoms with E-state index in [0.29, 0.717) is 24.5 Å². The third-order valence-electron chi connectivity index (χ3n) is 3.62. The first kappa shape index (κ1) is 19.9. The summed E-state index contributed by atoms with van der Waals surface area (Å²) >= 11 is 0. The Morgan fingerprint density at radius 1 is 1.04 bits per heavy atom. The number of anilines is 1. The van der Waals surface area contributed by atoms with E-state index in [2.05, 4.69) is 5.32 Å². The summed E-state index contributed by atoms with van der Waals surface area (Å²) in [5.74, 6) is 0.326. The minimum absolute atomic E-state index is 0.183. The second-order valence-corrected chi connectivity index (χ2v) is 7.60. The van der Waals surface area contributed by atoms with E-state index in [9.17, 15) is 13.2 Å². The summed E-state index contributed by atoms with van der Waals surface area (Å²) in [7, 11) is -3.71. The molecule has 2 rings (SSSR count). The topological polar surface area (TPSA) is 75.7 Å². The predicted octanol–water partition coefficient (Wildman–Crippen LogP) is 3.12. The van der Waals surface area contributed by atoms with E-state index in [1.165, 1.54) is 16.4 Å². The van der Waals surface area contributed by atoms with Crippen molar-refractivity contribution in [3.8, 4) is 5.75 Å². The fourth-order valence-electron chi connectivity index (χ4n) is 2.44. The summed E-state index contributed by atoms with van der Waals surface area (Å²) in [4.78, 5) is 12.5. The molecular weight excluding hydrogens is 352 g/mol. The van der Waals surface area contributed by atoms with Crippen LogP contribution in [0.1, 0.15) is 20.3 Å². The molecule has 140 valence electrons. The molecule has 2 aromatic rings. The first-order chi connectivity index (χ1) is 12.5. The van der Waals surface area contributed by atoms with Crippen LogP contribution in [0.4, 0.5) is 5.69 Å². The van der Waals surface area contributed by atoms with Gasteiger partial charge in [-0.1, -0.05) is 25.1 Å². The van der Waals surface area contributed by atoms with Crippen LogP contribution in [-0.4, -0.2) is 38.3 Å². The van der Waals surface area contributed by atoms with E-state index >= 15 is 0 Å². The summed E-state index contributed by atoms with van der Waals surface area (Å²) in [5.41, 5.74) is 0.590. The van der Waals surface area contributed by atoms with Gasteiger partial charge in [-0.3, -0.25) is 4.79 Å². The number of sulfonamides is 1. The van der Waals surface area contributed by atoms with Crippen molar-refractivity contribution in [2.24, 2.45) is 0 Å². The highest BCUT2D eigenvalue weighted by molar-refractivity contribution is 7.89. The molecule has 0 bridgehead atoms. The van der Waals surface area contributed by atoms with Gasteiger partial charge in [0.2, 0.25) is 15.9 Å². The fourth-order valence-corrected chi connectivity index (χ4v) is 3.95. The SMILES string of the molecule is CCCN(CC(=O)Nc1ccc(OCC)cc1)S(=O)(=O)c1ccccc1. The van der Waals surface area contributed by atoms with Crippen LogP contribution >= 0.6 is 0 Å². The summed E-state index contributed by atoms with van der Waals surface area (Å²) in [6.07, 6.45) is 0.613. The maximum Gasteiger partial charge on any atom is 0.243 e. The van der Waals surface area contributed by atoms with Gasteiger partial charge in [-0.25, -0.2) is 8.42 Å². The standard InChI is InChI=1S/C19H24N2O4S/c1-3-14-21(26(23,24)18-8-6-5-7-9-18)15-19(22)20-16-10-12-17(13-11-16)25-4-2/h5-13H,3-4,14-15H2,1-2H3,(H,20,22). The van der Waals surface area contributed by atoms with Crippen molar-refractivity contribution in [3.63, 3.8) is 0 Å². The largest absolute Gasteiger partial charge is 0.494 e. The lowest BCUT2D eigenvalue weighted by Crippen LogP contribution is -2.38. The van der Waals surface area contributed by atoms with Crippen LogP contribution in [0, 0.1) is 0 Å². The number of benzene rings is 2. The molecule has 0 aliphatic carbocycles. The second-order valence-electron chi connectivity index (χ2n) is 5.66. The van der Waals surface area contributed by atoms with Gasteiger partial charge in [0, 0.05) is 12.2 Å². The number of ether oxygens (including phenoxy) is 1. The highest BCUT2D eigenvalue weighted by Gasteiger charge is 2.25. The van der Waals surface area contributed by atoms with Crippen molar-refractivity contribution in [1.82, 2.24) is 4.31 Å². The highest BCUT2D eigenvalue weighted by Crippen LogP contribution is 2.17. The number of nitrogens with zero attached hydrogens (tertiary/aromatic N) is 1. The molecule has 2 aromatic carbocycles. The van der Waals surface area contributed by atoms with Crippen LogP contribution in [0.25, 0.3) is 0 Å². The minimum Gasteiger partial charge on any atom is -0.494 e. The van der Waals surface area contributed by atoms with Crippen molar-refractivity contribution in [3.05, 3.63) is 54.6 Å². The molecule has 7 heteroatoms. The Morgan fingerprint density at radius 2 is 1.69 bits per heavy atom. The van der Waals surface area contributed by atoms with Gasteiger partial charge >= 0.3 is 0 Å². The Hall–Kier alpha value is -2.38. The van der Waals surface area contributed by atoms with Crippen LogP contribution in [0.2, 0.25) is 0 Å². The first-order valence-electron chi connectivity index (χ1n) is 8.55. The summed E-state index contributed by atoms with van der Waals surface area (Å²) in [6.45, 7) is 4.37. The lowest BCUT2D eigenvalue weighted by atomic mass is 10.3. The number of rotatable bonds is 9. The van der Waals surface area contributed by atoms with E-state index in [1.54, 1.807) is 42.5 Å². The van der Waals surface area contributed by atoms with Crippen molar-refractivity contribution in [2.45, 2.75) is 25.2 Å². The van der Waals surface area contributed by atoms with Gasteiger partial charge in [0.05, 0.1) is 18.0 Å². The quantitative estimate of drug-likeness (QED) is 0.730. The second kappa shape index (κ2) is 9.35. The van der Waals surface area contributed by atoms with Gasteiger partial charge in [-0.2, -0.15) is 4.31 Å². The molecule has 0 saturated carbocycles. The van der Waals surface area contributed by atoms with Crippen LogP contribution < -0.4 is 10.1 Å². The lowest BCUT2D eigenvalue weighted by molar-refractivity contribution is -0.116. The molecule has 0 heterocycles. The molecule has 0 spiro atoms. The third-order valence-corrected chi connectivity index (χ3v) is 5.48. The van der Waals surface area contributed by atoms with Crippen LogP contribution in [0.3, 0.4) is 0 Å². The monoisotopic (exact) mass is 376 g/mol. The van der Waals surface area contributed by atoms with Gasteiger partial charge in [0.25, 0.3) is 0 Å². The molecule has 0 aliphatic heterocycles. The van der Waals surface area contributed by atoms with Crippen LogP contribution in [0.15, 0.2) is 59.5 Å². The average Bonchev–Trinajstić information content (AvgIpc) is 2.64. The molecule has 6 nitrogen and oxygen atoms in total. The Morgan fingerprint density at radius 3 is 2.27 bits per heavy atom. The smallest absolute Gasteiger partial charge is 0.243 e. The molecule has 0 atom stereocenters. The number of hydrogen-bond acceptors (Lipinski definition) is 4. The number of hydrogen-bond donors (Lipinski definition) is 1. The van der Waals surface area contributed by atoms with E-state index in [0.717, 1.165) is 0 Å². The molecule has 0 radical (unpaired) electrons. The maximum atomic E-state index is 12.8. The zero-order chi connectivity index (χ0) is 19.0. The molecule has 0 unspecified atom stereocenters. The normalized spacial score (nSPS) is 11.3. The zero-order valence-electron chi connectivity index (χ0n) is 15.0. The molecule has 0 aromatic heterocycles. The predicted molar refractivity (Wildman–Crippen MR) is 102 cm³/mol. The van der Waals surface area contributed by atoms with Gasteiger partial charge in [0.1, 0.15) is 5.75 Å². The number of carbonyl (C=O) groups excluding carboxylic acids is 1. The Bertz CT molecular complexity index is 805. The number of nitrogens with one attached hydrogen (secondary N) is 1. The lowest BCUT2D eigenvalue weighted by Gasteiger charge is -2.21. The highest BCUT2D eigenvalue weighted by atomic mass is 32.2. The van der Waals surface area contributed by atoms with Gasteiger partial charge in [0.15, 0.2) is 0 Å². The first-order valence-corrected chi connectivity index (χ1v) is 9.99. The molecule has 1 N–H and O–H groups in total. The van der Waals surface area contributed by atoms with Crippen molar-refractivity contribution < 1.29 is 17.9 Å². The molecule has 0 fully saturated rings.